The van der Waals surface area contributed by atoms with Gasteiger partial charge in [-0.1, -0.05) is 300 Å². The first kappa shape index (κ1) is 79.6. The number of carbonyl (C=O) groups excluding carboxylic acids is 2. The van der Waals surface area contributed by atoms with E-state index in [1.54, 1.807) is 6.08 Å². The third-order valence-corrected chi connectivity index (χ3v) is 16.9. The number of hydrogen-bond donors (Lipinski definition) is 6. The van der Waals surface area contributed by atoms with Crippen LogP contribution in [-0.2, 0) is 23.8 Å². The molecule has 0 saturated carbocycles. The first-order chi connectivity index (χ1) is 41.2. The zero-order chi connectivity index (χ0) is 60.9. The van der Waals surface area contributed by atoms with Gasteiger partial charge in [0.25, 0.3) is 0 Å². The highest BCUT2D eigenvalue weighted by molar-refractivity contribution is 5.76. The van der Waals surface area contributed by atoms with Crippen LogP contribution >= 0.6 is 0 Å². The van der Waals surface area contributed by atoms with E-state index in [1.165, 1.54) is 244 Å². The van der Waals surface area contributed by atoms with Gasteiger partial charge in [-0.25, -0.2) is 0 Å². The molecule has 7 atom stereocenters. The molecule has 0 aromatic carbocycles. The highest BCUT2D eigenvalue weighted by atomic mass is 16.7. The summed E-state index contributed by atoms with van der Waals surface area (Å²) < 4.78 is 16.7. The van der Waals surface area contributed by atoms with Crippen LogP contribution in [0.1, 0.15) is 341 Å². The summed E-state index contributed by atoms with van der Waals surface area (Å²) in [5.74, 6) is -0.182. The van der Waals surface area contributed by atoms with Crippen molar-refractivity contribution >= 4 is 11.9 Å². The number of aliphatic hydroxyl groups excluding tert-OH is 5. The summed E-state index contributed by atoms with van der Waals surface area (Å²) in [5.41, 5.74) is 0. The Morgan fingerprint density at radius 3 is 1.23 bits per heavy atom. The van der Waals surface area contributed by atoms with E-state index in [0.717, 1.165) is 70.6 Å². The van der Waals surface area contributed by atoms with Crippen molar-refractivity contribution in [2.45, 2.75) is 384 Å². The van der Waals surface area contributed by atoms with E-state index in [1.807, 2.05) is 6.08 Å². The van der Waals surface area contributed by atoms with Gasteiger partial charge in [-0.3, -0.25) is 9.59 Å². The SMILES string of the molecule is CCC/C=C/CC/C=C/CC/C=C/C(O)C(COC1OC(CO)C(O)C(O)C1O)NC(=O)CCCCCCCCCCCCCCCCCCC/C=C\CCCCCCCCCCCCCCOC(=O)CCCCCCCCCCCCCC. The monoisotopic (exact) mass is 1190 g/mol. The molecule has 0 aliphatic carbocycles. The maximum absolute atomic E-state index is 13.0. The van der Waals surface area contributed by atoms with Crippen LogP contribution in [0.2, 0.25) is 0 Å². The van der Waals surface area contributed by atoms with Gasteiger partial charge < -0.3 is 45.1 Å². The van der Waals surface area contributed by atoms with Crippen LogP contribution in [0, 0.1) is 0 Å². The number of ether oxygens (including phenoxy) is 3. The van der Waals surface area contributed by atoms with Crippen molar-refractivity contribution in [3.8, 4) is 0 Å². The maximum Gasteiger partial charge on any atom is 0.305 e. The van der Waals surface area contributed by atoms with Gasteiger partial charge in [0.15, 0.2) is 6.29 Å². The van der Waals surface area contributed by atoms with E-state index in [-0.39, 0.29) is 18.5 Å². The van der Waals surface area contributed by atoms with Crippen LogP contribution in [0.3, 0.4) is 0 Å². The summed E-state index contributed by atoms with van der Waals surface area (Å²) >= 11 is 0. The number of allylic oxidation sites excluding steroid dienone is 7. The number of carbonyl (C=O) groups is 2. The highest BCUT2D eigenvalue weighted by Crippen LogP contribution is 2.23. The Bertz CT molecular complexity index is 1530. The predicted molar refractivity (Wildman–Crippen MR) is 352 cm³/mol. The van der Waals surface area contributed by atoms with E-state index in [4.69, 9.17) is 14.2 Å². The fourth-order valence-electron chi connectivity index (χ4n) is 11.2. The van der Waals surface area contributed by atoms with E-state index < -0.39 is 49.5 Å². The lowest BCUT2D eigenvalue weighted by Crippen LogP contribution is -2.60. The van der Waals surface area contributed by atoms with E-state index >= 15 is 0 Å². The molecule has 0 spiro atoms. The Kier molecular flexibility index (Phi) is 59.0. The Morgan fingerprint density at radius 2 is 0.798 bits per heavy atom. The summed E-state index contributed by atoms with van der Waals surface area (Å²) in [7, 11) is 0. The van der Waals surface area contributed by atoms with Crippen molar-refractivity contribution in [1.29, 1.82) is 0 Å². The van der Waals surface area contributed by atoms with Gasteiger partial charge in [0.05, 0.1) is 32.0 Å². The van der Waals surface area contributed by atoms with Gasteiger partial charge >= 0.3 is 5.97 Å². The molecule has 1 fully saturated rings. The lowest BCUT2D eigenvalue weighted by Gasteiger charge is -2.40. The third-order valence-electron chi connectivity index (χ3n) is 16.9. The number of rotatable bonds is 63. The second kappa shape index (κ2) is 62.2. The van der Waals surface area contributed by atoms with E-state index in [2.05, 4.69) is 55.6 Å². The Balaban J connectivity index is 1.93. The molecule has 0 aromatic heterocycles. The smallest absolute Gasteiger partial charge is 0.305 e. The van der Waals surface area contributed by atoms with Crippen molar-refractivity contribution in [1.82, 2.24) is 5.32 Å². The lowest BCUT2D eigenvalue weighted by molar-refractivity contribution is -0.302. The van der Waals surface area contributed by atoms with Crippen molar-refractivity contribution in [3.05, 3.63) is 48.6 Å². The molecule has 1 aliphatic heterocycles. The summed E-state index contributed by atoms with van der Waals surface area (Å²) in [4.78, 5) is 25.1. The molecule has 0 bridgehead atoms. The molecular weight excluding hydrogens is 1050 g/mol. The third kappa shape index (κ3) is 50.6. The van der Waals surface area contributed by atoms with Crippen LogP contribution in [-0.4, -0.2) is 100 Å². The van der Waals surface area contributed by atoms with Gasteiger partial charge in [-0.15, -0.1) is 0 Å². The van der Waals surface area contributed by atoms with E-state index in [0.29, 0.717) is 19.4 Å². The molecular formula is C73H135NO10. The molecule has 1 heterocycles. The van der Waals surface area contributed by atoms with Crippen molar-refractivity contribution in [2.24, 2.45) is 0 Å². The first-order valence-electron chi connectivity index (χ1n) is 35.9. The van der Waals surface area contributed by atoms with Crippen molar-refractivity contribution < 1.29 is 49.3 Å². The fourth-order valence-corrected chi connectivity index (χ4v) is 11.2. The minimum Gasteiger partial charge on any atom is -0.466 e. The van der Waals surface area contributed by atoms with Crippen molar-refractivity contribution in [3.63, 3.8) is 0 Å². The minimum absolute atomic E-state index is 0.0118. The second-order valence-electron chi connectivity index (χ2n) is 24.9. The topological polar surface area (TPSA) is 175 Å². The number of nitrogens with one attached hydrogen (secondary N) is 1. The Morgan fingerprint density at radius 1 is 0.429 bits per heavy atom. The van der Waals surface area contributed by atoms with E-state index in [9.17, 15) is 35.1 Å². The molecule has 1 amide bonds. The largest absolute Gasteiger partial charge is 0.466 e. The van der Waals surface area contributed by atoms with Crippen molar-refractivity contribution in [2.75, 3.05) is 19.8 Å². The van der Waals surface area contributed by atoms with Gasteiger partial charge in [0.2, 0.25) is 5.91 Å². The minimum atomic E-state index is -1.58. The average molecular weight is 1190 g/mol. The van der Waals surface area contributed by atoms with Crippen LogP contribution in [0.5, 0.6) is 0 Å². The molecule has 7 unspecified atom stereocenters. The zero-order valence-corrected chi connectivity index (χ0v) is 54.6. The molecule has 492 valence electrons. The first-order valence-corrected chi connectivity index (χ1v) is 35.9. The molecule has 11 nitrogen and oxygen atoms in total. The maximum atomic E-state index is 13.0. The van der Waals surface area contributed by atoms with Gasteiger partial charge in [0, 0.05) is 12.8 Å². The summed E-state index contributed by atoms with van der Waals surface area (Å²) in [6.07, 6.45) is 71.3. The molecule has 1 aliphatic rings. The predicted octanol–water partition coefficient (Wildman–Crippen LogP) is 18.4. The standard InChI is InChI=1S/C73H135NO10/c1-3-5-7-9-11-13-15-41-45-49-53-57-61-69(78)82-62-58-54-50-46-42-38-36-34-32-30-28-26-24-22-20-18-16-17-19-21-23-25-27-29-31-33-35-37-40-44-48-52-56-60-68(77)74-65(64-83-73-72(81)71(80)70(79)67(63-75)84-73)66(76)59-55-51-47-43-39-14-12-10-8-6-4-2/h8,10,20,22,39,43,55,59,65-67,70-73,75-76,79-81H,3-7,9,11-19,21,23-38,40-42,44-54,56-58,60-64H2,1-2H3,(H,74,77)/b10-8+,22-20-,43-39+,59-55+. The highest BCUT2D eigenvalue weighted by Gasteiger charge is 2.44. The Hall–Kier alpha value is -2.38. The van der Waals surface area contributed by atoms with Crippen LogP contribution in [0.25, 0.3) is 0 Å². The summed E-state index contributed by atoms with van der Waals surface area (Å²) in [5, 5.41) is 54.3. The number of esters is 1. The fraction of sp³-hybridized carbons (Fsp3) is 0.863. The van der Waals surface area contributed by atoms with Crippen LogP contribution in [0.15, 0.2) is 48.6 Å². The zero-order valence-electron chi connectivity index (χ0n) is 54.6. The number of unbranched alkanes of at least 4 members (excludes halogenated alkanes) is 43. The number of aliphatic hydroxyl groups is 5. The molecule has 1 rings (SSSR count). The molecule has 0 radical (unpaired) electrons. The average Bonchev–Trinajstić information content (AvgIpc) is 3.27. The second-order valence-corrected chi connectivity index (χ2v) is 24.9. The number of hydrogen-bond acceptors (Lipinski definition) is 10. The molecule has 1 saturated heterocycles. The van der Waals surface area contributed by atoms with Crippen LogP contribution < -0.4 is 5.32 Å². The Labute approximate surface area is 516 Å². The lowest BCUT2D eigenvalue weighted by atomic mass is 9.99. The van der Waals surface area contributed by atoms with Gasteiger partial charge in [0.1, 0.15) is 24.4 Å². The summed E-state index contributed by atoms with van der Waals surface area (Å²) in [6, 6.07) is -0.832. The van der Waals surface area contributed by atoms with Gasteiger partial charge in [-0.05, 0) is 77.0 Å². The number of amides is 1. The normalized spacial score (nSPS) is 18.3. The summed E-state index contributed by atoms with van der Waals surface area (Å²) in [6.45, 7) is 4.28. The van der Waals surface area contributed by atoms with Crippen LogP contribution in [0.4, 0.5) is 0 Å². The molecule has 11 heteroatoms. The molecule has 0 aromatic rings. The quantitative estimate of drug-likeness (QED) is 0.0195. The molecule has 84 heavy (non-hydrogen) atoms. The van der Waals surface area contributed by atoms with Gasteiger partial charge in [-0.2, -0.15) is 0 Å². The molecule has 6 N–H and O–H groups in total.